The molecule has 1 aliphatic rings. The molecular formula is C34H54N7O17P3S. The Bertz CT molecular complexity index is 2050. The Balaban J connectivity index is 1.40. The molecule has 0 spiro atoms. The van der Waals surface area contributed by atoms with Gasteiger partial charge in [-0.25, -0.2) is 28.6 Å². The highest BCUT2D eigenvalue weighted by molar-refractivity contribution is 8.13. The number of fused-ring (bicyclic) bond motifs is 1. The van der Waals surface area contributed by atoms with Crippen molar-refractivity contribution in [2.75, 3.05) is 37.8 Å². The van der Waals surface area contributed by atoms with Gasteiger partial charge in [-0.1, -0.05) is 75.4 Å². The van der Waals surface area contributed by atoms with Crippen LogP contribution in [0.5, 0.6) is 0 Å². The molecule has 1 fully saturated rings. The van der Waals surface area contributed by atoms with Crippen molar-refractivity contribution < 1.29 is 80.5 Å². The van der Waals surface area contributed by atoms with Crippen LogP contribution in [-0.4, -0.2) is 123 Å². The van der Waals surface area contributed by atoms with Gasteiger partial charge in [0.15, 0.2) is 22.8 Å². The standard InChI is InChI=1S/C34H54N7O17P3S/c1-4-5-6-7-8-9-10-11-12-13-14-25(43)62-18-17-36-24(42)15-16-37-32(46)29(45)34(2,3)20-55-61(52,53)58-60(50,51)54-19-23-28(57-59(47,48)49)27(44)33(56-23)41-22-40-26-30(35)38-21-39-31(26)41/h6-7,10-13,21-23,27-29,33,44-45H,4-5,8-9,14-20H2,1-3H3,(H,36,42)(H,37,46)(H,50,51)(H,52,53)(H2,35,38,39)(H2,47,48,49)/b7-6+,11-10+,13-12+. The summed E-state index contributed by atoms with van der Waals surface area (Å²) in [5.41, 5.74) is 4.26. The molecule has 2 aromatic heterocycles. The van der Waals surface area contributed by atoms with E-state index in [2.05, 4.69) is 53.5 Å². The zero-order valence-corrected chi connectivity index (χ0v) is 37.6. The van der Waals surface area contributed by atoms with Crippen LogP contribution in [0.15, 0.2) is 49.1 Å². The maximum atomic E-state index is 12.7. The van der Waals surface area contributed by atoms with E-state index in [-0.39, 0.29) is 48.0 Å². The quantitative estimate of drug-likeness (QED) is 0.0268. The number of nitrogens with one attached hydrogen (secondary N) is 2. The smallest absolute Gasteiger partial charge is 0.386 e. The van der Waals surface area contributed by atoms with Gasteiger partial charge in [-0.2, -0.15) is 4.31 Å². The van der Waals surface area contributed by atoms with Gasteiger partial charge in [0.25, 0.3) is 0 Å². The Morgan fingerprint density at radius 1 is 0.984 bits per heavy atom. The van der Waals surface area contributed by atoms with Gasteiger partial charge in [-0.15, -0.1) is 0 Å². The van der Waals surface area contributed by atoms with E-state index in [1.807, 2.05) is 18.2 Å². The first-order chi connectivity index (χ1) is 29.1. The first-order valence-corrected chi connectivity index (χ1v) is 24.6. The van der Waals surface area contributed by atoms with Crippen molar-refractivity contribution in [3.8, 4) is 0 Å². The van der Waals surface area contributed by atoms with E-state index in [1.165, 1.54) is 13.8 Å². The second-order valence-electron chi connectivity index (χ2n) is 14.2. The predicted octanol–water partition coefficient (Wildman–Crippen LogP) is 2.30. The third-order valence-corrected chi connectivity index (χ3v) is 12.6. The summed E-state index contributed by atoms with van der Waals surface area (Å²) in [5, 5.41) is 26.4. The minimum atomic E-state index is -5.58. The van der Waals surface area contributed by atoms with Crippen molar-refractivity contribution in [3.05, 3.63) is 49.1 Å². The number of rotatable bonds is 27. The first-order valence-electron chi connectivity index (χ1n) is 19.1. The predicted molar refractivity (Wildman–Crippen MR) is 223 cm³/mol. The Morgan fingerprint density at radius 3 is 2.37 bits per heavy atom. The molecule has 0 radical (unpaired) electrons. The summed E-state index contributed by atoms with van der Waals surface area (Å²) in [4.78, 5) is 87.9. The Kier molecular flexibility index (Phi) is 21.2. The summed E-state index contributed by atoms with van der Waals surface area (Å²) in [6.45, 7) is 2.60. The largest absolute Gasteiger partial charge is 0.481 e. The minimum Gasteiger partial charge on any atom is -0.386 e. The molecule has 24 nitrogen and oxygen atoms in total. The number of phosphoric ester groups is 3. The Hall–Kier alpha value is -3.22. The molecule has 0 bridgehead atoms. The molecule has 3 heterocycles. The van der Waals surface area contributed by atoms with E-state index < -0.39 is 84.6 Å². The third kappa shape index (κ3) is 18.1. The molecule has 348 valence electrons. The van der Waals surface area contributed by atoms with Crippen LogP contribution in [0.2, 0.25) is 0 Å². The fourth-order valence-corrected chi connectivity index (χ4v) is 8.84. The lowest BCUT2D eigenvalue weighted by Crippen LogP contribution is -2.46. The number of amides is 2. The fourth-order valence-electron chi connectivity index (χ4n) is 5.37. The molecule has 3 rings (SSSR count). The monoisotopic (exact) mass is 957 g/mol. The number of nitrogen functional groups attached to an aromatic ring is 1. The van der Waals surface area contributed by atoms with Crippen molar-refractivity contribution >= 4 is 69.1 Å². The van der Waals surface area contributed by atoms with Crippen LogP contribution >= 0.6 is 35.2 Å². The van der Waals surface area contributed by atoms with Crippen molar-refractivity contribution in [1.29, 1.82) is 0 Å². The number of nitrogens with zero attached hydrogens (tertiary/aromatic N) is 4. The number of carbonyl (C=O) groups excluding carboxylic acids is 3. The number of aliphatic hydroxyl groups is 2. The van der Waals surface area contributed by atoms with Crippen LogP contribution in [0.3, 0.4) is 0 Å². The van der Waals surface area contributed by atoms with E-state index in [9.17, 15) is 57.9 Å². The van der Waals surface area contributed by atoms with Gasteiger partial charge in [0.2, 0.25) is 11.8 Å². The molecule has 62 heavy (non-hydrogen) atoms. The SMILES string of the molecule is CCC/C=C/CC/C=C/C=C/CC(=O)SCCNC(=O)CCNC(=O)C(O)C(C)(C)COP(=O)(O)OP(=O)(O)OCC1OC(n2cnc3c(N)ncnc32)C(O)C1OP(=O)(O)O. The van der Waals surface area contributed by atoms with Gasteiger partial charge in [0, 0.05) is 37.1 Å². The number of carbonyl (C=O) groups is 3. The zero-order chi connectivity index (χ0) is 46.1. The average Bonchev–Trinajstić information content (AvgIpc) is 3.75. The summed E-state index contributed by atoms with van der Waals surface area (Å²) >= 11 is 1.07. The molecule has 7 atom stereocenters. The van der Waals surface area contributed by atoms with Gasteiger partial charge in [0.1, 0.15) is 36.3 Å². The maximum absolute atomic E-state index is 12.7. The lowest BCUT2D eigenvalue weighted by Gasteiger charge is -2.30. The molecule has 2 amide bonds. The number of nitrogens with two attached hydrogens (primary N) is 1. The zero-order valence-electron chi connectivity index (χ0n) is 34.1. The van der Waals surface area contributed by atoms with Crippen LogP contribution in [-0.2, 0) is 50.7 Å². The highest BCUT2D eigenvalue weighted by Crippen LogP contribution is 2.61. The number of aliphatic hydroxyl groups excluding tert-OH is 2. The molecule has 1 saturated heterocycles. The highest BCUT2D eigenvalue weighted by atomic mass is 32.2. The molecular weight excluding hydrogens is 903 g/mol. The summed E-state index contributed by atoms with van der Waals surface area (Å²) in [6, 6.07) is 0. The summed E-state index contributed by atoms with van der Waals surface area (Å²) in [7, 11) is -16.4. The van der Waals surface area contributed by atoms with Gasteiger partial charge in [-0.3, -0.25) is 32.5 Å². The second-order valence-corrected chi connectivity index (χ2v) is 19.6. The Labute approximate surface area is 361 Å². The van der Waals surface area contributed by atoms with Crippen molar-refractivity contribution in [3.63, 3.8) is 0 Å². The minimum absolute atomic E-state index is 0.0298. The molecule has 2 aromatic rings. The van der Waals surface area contributed by atoms with Gasteiger partial charge in [0.05, 0.1) is 19.5 Å². The van der Waals surface area contributed by atoms with E-state index in [0.29, 0.717) is 5.75 Å². The van der Waals surface area contributed by atoms with Gasteiger partial charge in [-0.05, 0) is 19.3 Å². The highest BCUT2D eigenvalue weighted by Gasteiger charge is 2.50. The molecule has 10 N–H and O–H groups in total. The number of allylic oxidation sites excluding steroid dienone is 6. The maximum Gasteiger partial charge on any atom is 0.481 e. The number of imidazole rings is 1. The number of aromatic nitrogens is 4. The molecule has 1 aliphatic heterocycles. The van der Waals surface area contributed by atoms with Crippen molar-refractivity contribution in [2.24, 2.45) is 5.41 Å². The fraction of sp³-hybridized carbons (Fsp3) is 0.588. The van der Waals surface area contributed by atoms with Gasteiger partial charge < -0.3 is 50.9 Å². The number of ether oxygens (including phenoxy) is 1. The van der Waals surface area contributed by atoms with Crippen LogP contribution in [0.25, 0.3) is 11.2 Å². The average molecular weight is 958 g/mol. The second kappa shape index (κ2) is 24.7. The summed E-state index contributed by atoms with van der Waals surface area (Å²) in [6.07, 6.45) is 9.18. The van der Waals surface area contributed by atoms with Crippen LogP contribution < -0.4 is 16.4 Å². The van der Waals surface area contributed by atoms with Crippen LogP contribution in [0.4, 0.5) is 5.82 Å². The third-order valence-electron chi connectivity index (χ3n) is 8.55. The topological polar surface area (TPSA) is 364 Å². The van der Waals surface area contributed by atoms with Crippen molar-refractivity contribution in [1.82, 2.24) is 30.2 Å². The van der Waals surface area contributed by atoms with Crippen molar-refractivity contribution in [2.45, 2.75) is 89.9 Å². The van der Waals surface area contributed by atoms with Crippen LogP contribution in [0.1, 0.15) is 65.5 Å². The van der Waals surface area contributed by atoms with E-state index in [0.717, 1.165) is 54.7 Å². The molecule has 0 aliphatic carbocycles. The van der Waals surface area contributed by atoms with Gasteiger partial charge >= 0.3 is 23.5 Å². The molecule has 7 unspecified atom stereocenters. The number of unbranched alkanes of at least 4 members (excludes halogenated alkanes) is 2. The number of hydrogen-bond acceptors (Lipinski definition) is 18. The van der Waals surface area contributed by atoms with E-state index in [4.69, 9.17) is 19.5 Å². The summed E-state index contributed by atoms with van der Waals surface area (Å²) in [5.74, 6) is -1.13. The Morgan fingerprint density at radius 2 is 1.66 bits per heavy atom. The van der Waals surface area contributed by atoms with E-state index >= 15 is 0 Å². The summed E-state index contributed by atoms with van der Waals surface area (Å²) < 4.78 is 62.3. The normalized spacial score (nSPS) is 21.1. The van der Waals surface area contributed by atoms with E-state index in [1.54, 1.807) is 6.08 Å². The lowest BCUT2D eigenvalue weighted by molar-refractivity contribution is -0.137. The number of hydrogen-bond donors (Lipinski definition) is 9. The molecule has 28 heteroatoms. The number of phosphoric acid groups is 3. The molecule has 0 saturated carbocycles. The number of thioether (sulfide) groups is 1. The number of anilines is 1. The lowest BCUT2D eigenvalue weighted by atomic mass is 9.87. The molecule has 0 aromatic carbocycles. The first kappa shape index (κ1) is 53.1. The van der Waals surface area contributed by atoms with Crippen LogP contribution in [0, 0.1) is 5.41 Å².